The van der Waals surface area contributed by atoms with Crippen molar-refractivity contribution in [3.8, 4) is 0 Å². The molecule has 4 rings (SSSR count). The summed E-state index contributed by atoms with van der Waals surface area (Å²) in [4.78, 5) is 13.3. The van der Waals surface area contributed by atoms with Gasteiger partial charge in [0.05, 0.1) is 22.7 Å². The Labute approximate surface area is 199 Å². The molecule has 0 radical (unpaired) electrons. The zero-order chi connectivity index (χ0) is 23.6. The highest BCUT2D eigenvalue weighted by Crippen LogP contribution is 2.24. The summed E-state index contributed by atoms with van der Waals surface area (Å²) in [5.74, 6) is -0.331. The Hall–Kier alpha value is -2.68. The van der Waals surface area contributed by atoms with Crippen LogP contribution in [0.15, 0.2) is 53.4 Å². The minimum absolute atomic E-state index is 0.185. The Morgan fingerprint density at radius 1 is 1.06 bits per heavy atom. The third-order valence-corrected chi connectivity index (χ3v) is 8.19. The van der Waals surface area contributed by atoms with Crippen LogP contribution in [-0.2, 0) is 16.6 Å². The van der Waals surface area contributed by atoms with Gasteiger partial charge in [0.1, 0.15) is 0 Å². The van der Waals surface area contributed by atoms with Crippen LogP contribution in [0.3, 0.4) is 0 Å². The average Bonchev–Trinajstić information content (AvgIpc) is 3.09. The molecule has 9 heteroatoms. The van der Waals surface area contributed by atoms with E-state index in [2.05, 4.69) is 10.4 Å². The lowest BCUT2D eigenvalue weighted by Crippen LogP contribution is -2.35. The fourth-order valence-corrected chi connectivity index (χ4v) is 5.91. The first-order valence-electron chi connectivity index (χ1n) is 11.0. The predicted molar refractivity (Wildman–Crippen MR) is 129 cm³/mol. The van der Waals surface area contributed by atoms with Gasteiger partial charge >= 0.3 is 0 Å². The predicted octanol–water partition coefficient (Wildman–Crippen LogP) is 4.63. The van der Waals surface area contributed by atoms with Gasteiger partial charge in [-0.1, -0.05) is 42.3 Å². The minimum atomic E-state index is -3.58. The molecule has 1 fully saturated rings. The lowest BCUT2D eigenvalue weighted by atomic mass is 10.1. The number of nitrogens with one attached hydrogen (secondary N) is 1. The highest BCUT2D eigenvalue weighted by Gasteiger charge is 2.26. The van der Waals surface area contributed by atoms with Crippen LogP contribution in [0.4, 0.5) is 5.69 Å². The number of aromatic nitrogens is 2. The molecule has 0 saturated carbocycles. The molecule has 0 spiro atoms. The van der Waals surface area contributed by atoms with Gasteiger partial charge in [0.15, 0.2) is 0 Å². The molecular weight excluding hydrogens is 460 g/mol. The number of hydrogen-bond acceptors (Lipinski definition) is 4. The van der Waals surface area contributed by atoms with Gasteiger partial charge in [0, 0.05) is 29.5 Å². The number of halogens is 1. The largest absolute Gasteiger partial charge is 0.322 e. The molecule has 1 N–H and O–H groups in total. The maximum Gasteiger partial charge on any atom is 0.259 e. The van der Waals surface area contributed by atoms with E-state index >= 15 is 0 Å². The Morgan fingerprint density at radius 3 is 2.52 bits per heavy atom. The number of carbonyl (C=O) groups excluding carboxylic acids is 1. The first-order chi connectivity index (χ1) is 15.8. The van der Waals surface area contributed by atoms with Gasteiger partial charge < -0.3 is 5.32 Å². The molecule has 1 saturated heterocycles. The van der Waals surface area contributed by atoms with Gasteiger partial charge in [-0.3, -0.25) is 9.48 Å². The van der Waals surface area contributed by atoms with Crippen molar-refractivity contribution in [2.24, 2.45) is 0 Å². The molecule has 2 heterocycles. The van der Waals surface area contributed by atoms with E-state index in [-0.39, 0.29) is 10.8 Å². The summed E-state index contributed by atoms with van der Waals surface area (Å²) in [6.07, 6.45) is 2.78. The molecule has 1 aliphatic heterocycles. The monoisotopic (exact) mass is 486 g/mol. The van der Waals surface area contributed by atoms with E-state index in [1.165, 1.54) is 10.4 Å². The zero-order valence-corrected chi connectivity index (χ0v) is 20.3. The maximum absolute atomic E-state index is 13.1. The molecule has 33 heavy (non-hydrogen) atoms. The highest BCUT2D eigenvalue weighted by atomic mass is 35.5. The summed E-state index contributed by atoms with van der Waals surface area (Å²) in [5, 5.41) is 8.01. The van der Waals surface area contributed by atoms with Gasteiger partial charge in [0.25, 0.3) is 5.91 Å². The number of rotatable bonds is 6. The summed E-state index contributed by atoms with van der Waals surface area (Å²) in [5.41, 5.74) is 3.10. The van der Waals surface area contributed by atoms with Crippen molar-refractivity contribution >= 4 is 33.2 Å². The Bertz CT molecular complexity index is 1280. The zero-order valence-electron chi connectivity index (χ0n) is 18.7. The van der Waals surface area contributed by atoms with Crippen LogP contribution < -0.4 is 5.32 Å². The molecule has 0 aliphatic carbocycles. The molecular formula is C24H27ClN4O3S. The Kier molecular flexibility index (Phi) is 6.88. The summed E-state index contributed by atoms with van der Waals surface area (Å²) >= 11 is 6.28. The average molecular weight is 487 g/mol. The second-order valence-corrected chi connectivity index (χ2v) is 10.6. The first kappa shape index (κ1) is 23.5. The maximum atomic E-state index is 13.1. The minimum Gasteiger partial charge on any atom is -0.322 e. The van der Waals surface area contributed by atoms with E-state index in [0.717, 1.165) is 24.8 Å². The van der Waals surface area contributed by atoms with E-state index < -0.39 is 10.0 Å². The topological polar surface area (TPSA) is 84.3 Å². The van der Waals surface area contributed by atoms with Gasteiger partial charge in [-0.25, -0.2) is 8.42 Å². The van der Waals surface area contributed by atoms with E-state index in [0.29, 0.717) is 47.3 Å². The molecule has 1 aliphatic rings. The number of benzene rings is 2. The normalized spacial score (nSPS) is 14.9. The van der Waals surface area contributed by atoms with Crippen LogP contribution in [0.1, 0.15) is 46.6 Å². The van der Waals surface area contributed by atoms with Crippen molar-refractivity contribution in [3.63, 3.8) is 0 Å². The third-order valence-electron chi connectivity index (χ3n) is 5.93. The van der Waals surface area contributed by atoms with Crippen LogP contribution in [0.5, 0.6) is 0 Å². The Balaban J connectivity index is 1.55. The Morgan fingerprint density at radius 2 is 1.79 bits per heavy atom. The standard InChI is InChI=1S/C24H27ClN4O3S/c1-17-23(18(2)29(27-17)16-19-9-4-5-12-22(19)25)24(30)26-20-10-8-11-21(15-20)33(31,32)28-13-6-3-7-14-28/h4-5,8-12,15H,3,6-7,13-14,16H2,1-2H3,(H,26,30). The molecule has 3 aromatic rings. The lowest BCUT2D eigenvalue weighted by molar-refractivity contribution is 0.102. The molecule has 7 nitrogen and oxygen atoms in total. The van der Waals surface area contributed by atoms with E-state index in [1.807, 2.05) is 31.2 Å². The van der Waals surface area contributed by atoms with E-state index in [4.69, 9.17) is 11.6 Å². The van der Waals surface area contributed by atoms with E-state index in [1.54, 1.807) is 29.8 Å². The van der Waals surface area contributed by atoms with Crippen molar-refractivity contribution in [3.05, 3.63) is 76.1 Å². The van der Waals surface area contributed by atoms with Gasteiger partial charge in [-0.05, 0) is 56.5 Å². The van der Waals surface area contributed by atoms with Crippen molar-refractivity contribution in [1.82, 2.24) is 14.1 Å². The second kappa shape index (κ2) is 9.67. The fraction of sp³-hybridized carbons (Fsp3) is 0.333. The molecule has 0 bridgehead atoms. The van der Waals surface area contributed by atoms with Gasteiger partial charge in [-0.15, -0.1) is 0 Å². The number of hydrogen-bond donors (Lipinski definition) is 1. The number of carbonyl (C=O) groups is 1. The van der Waals surface area contributed by atoms with Crippen LogP contribution in [-0.4, -0.2) is 41.5 Å². The van der Waals surface area contributed by atoms with Crippen LogP contribution in [0, 0.1) is 13.8 Å². The van der Waals surface area contributed by atoms with Crippen LogP contribution in [0.2, 0.25) is 5.02 Å². The SMILES string of the molecule is Cc1nn(Cc2ccccc2Cl)c(C)c1C(=O)Nc1cccc(S(=O)(=O)N2CCCCC2)c1. The molecule has 2 aromatic carbocycles. The van der Waals surface area contributed by atoms with Crippen LogP contribution >= 0.6 is 11.6 Å². The van der Waals surface area contributed by atoms with E-state index in [9.17, 15) is 13.2 Å². The number of piperidine rings is 1. The number of aryl methyl sites for hydroxylation is 1. The summed E-state index contributed by atoms with van der Waals surface area (Å²) in [7, 11) is -3.58. The molecule has 0 atom stereocenters. The molecule has 1 aromatic heterocycles. The third kappa shape index (κ3) is 4.98. The molecule has 0 unspecified atom stereocenters. The molecule has 174 valence electrons. The lowest BCUT2D eigenvalue weighted by Gasteiger charge is -2.26. The number of amides is 1. The number of sulfonamides is 1. The van der Waals surface area contributed by atoms with Crippen LogP contribution in [0.25, 0.3) is 0 Å². The number of nitrogens with zero attached hydrogens (tertiary/aromatic N) is 3. The quantitative estimate of drug-likeness (QED) is 0.550. The van der Waals surface area contributed by atoms with Crippen molar-refractivity contribution < 1.29 is 13.2 Å². The highest BCUT2D eigenvalue weighted by molar-refractivity contribution is 7.89. The molecule has 1 amide bonds. The fourth-order valence-electron chi connectivity index (χ4n) is 4.15. The smallest absolute Gasteiger partial charge is 0.259 e. The summed E-state index contributed by atoms with van der Waals surface area (Å²) < 4.78 is 29.3. The second-order valence-electron chi connectivity index (χ2n) is 8.24. The van der Waals surface area contributed by atoms with Gasteiger partial charge in [-0.2, -0.15) is 9.40 Å². The van der Waals surface area contributed by atoms with Crippen molar-refractivity contribution in [2.45, 2.75) is 44.6 Å². The summed E-state index contributed by atoms with van der Waals surface area (Å²) in [6, 6.07) is 13.9. The van der Waals surface area contributed by atoms with Crippen molar-refractivity contribution in [1.29, 1.82) is 0 Å². The van der Waals surface area contributed by atoms with Gasteiger partial charge in [0.2, 0.25) is 10.0 Å². The summed E-state index contributed by atoms with van der Waals surface area (Å²) in [6.45, 7) is 5.12. The first-order valence-corrected chi connectivity index (χ1v) is 12.8. The van der Waals surface area contributed by atoms with Crippen molar-refractivity contribution in [2.75, 3.05) is 18.4 Å². The number of anilines is 1.